The number of carbonyl (C=O) groups is 9. The minimum atomic E-state index is -0.636. The molecule has 0 fully saturated rings. The normalized spacial score (nSPS) is 11.1. The van der Waals surface area contributed by atoms with Gasteiger partial charge in [0.1, 0.15) is 17.0 Å². The van der Waals surface area contributed by atoms with Gasteiger partial charge in [-0.05, 0) is 32.9 Å². The molecule has 0 spiro atoms. The first-order chi connectivity index (χ1) is 37.1. The van der Waals surface area contributed by atoms with Crippen molar-refractivity contribution in [2.75, 3.05) is 87.1 Å². The summed E-state index contributed by atoms with van der Waals surface area (Å²) in [4.78, 5) is 126. The monoisotopic (exact) mass is 1090 g/mol. The van der Waals surface area contributed by atoms with Gasteiger partial charge in [0.05, 0.1) is 57.4 Å². The lowest BCUT2D eigenvalue weighted by molar-refractivity contribution is -0.156. The molecular formula is C49H68N16O13. The van der Waals surface area contributed by atoms with Crippen LogP contribution in [0.4, 0.5) is 23.0 Å². The molecule has 0 aliphatic carbocycles. The maximum absolute atomic E-state index is 13.2. The molecule has 0 aliphatic rings. The molecule has 8 amide bonds. The fourth-order valence-corrected chi connectivity index (χ4v) is 7.13. The third-order valence-corrected chi connectivity index (χ3v) is 10.8. The largest absolute Gasteiger partial charge is 0.460 e. The molecule has 78 heavy (non-hydrogen) atoms. The Balaban J connectivity index is 0.925. The second-order valence-corrected chi connectivity index (χ2v) is 18.5. The highest BCUT2D eigenvalue weighted by Gasteiger charge is 2.22. The van der Waals surface area contributed by atoms with Crippen LogP contribution in [-0.2, 0) is 73.4 Å². The Morgan fingerprint density at radius 2 is 0.910 bits per heavy atom. The van der Waals surface area contributed by atoms with Crippen LogP contribution < -0.4 is 42.5 Å². The van der Waals surface area contributed by atoms with Gasteiger partial charge >= 0.3 is 5.97 Å². The van der Waals surface area contributed by atoms with Gasteiger partial charge in [0.25, 0.3) is 29.5 Å². The number of nitrogens with zero attached hydrogens (tertiary/aromatic N) is 8. The van der Waals surface area contributed by atoms with E-state index in [0.29, 0.717) is 32.1 Å². The minimum absolute atomic E-state index is 0.00206. The summed E-state index contributed by atoms with van der Waals surface area (Å²) in [6, 6.07) is 2.93. The first kappa shape index (κ1) is 60.2. The van der Waals surface area contributed by atoms with E-state index in [1.54, 1.807) is 73.0 Å². The highest BCUT2D eigenvalue weighted by molar-refractivity contribution is 6.04. The lowest BCUT2D eigenvalue weighted by atomic mass is 10.2. The standard InChI is InChI=1S/C49H68N16O13/c1-49(2,3)78-40(69)12-19-75-21-23-77-24-22-76-20-17-50-37(66)9-13-54-46(72)42-59-35(29-64(42)7)57-38(67)10-14-53-45(71)34-26-32(28-63(34)6)56-48(74)43-60-36(30-65(43)8)58-39(68)11-15-52-44(70)33-25-31(27-62(33)5)55-47(73)41-51-16-18-61(41)4/h16,18,25-30H,9-15,17,19-24H2,1-8H3,(H,50,66)(H,52,70)(H,53,71)(H,54,72)(H,55,73)(H,56,74)(H,57,67)(H,58,68). The lowest BCUT2D eigenvalue weighted by Crippen LogP contribution is -2.33. The van der Waals surface area contributed by atoms with E-state index >= 15 is 0 Å². The highest BCUT2D eigenvalue weighted by atomic mass is 16.6. The third kappa shape index (κ3) is 19.5. The number of carbonyl (C=O) groups excluding carboxylic acids is 9. The van der Waals surface area contributed by atoms with Gasteiger partial charge in [-0.25, -0.2) is 15.0 Å². The molecule has 5 rings (SSSR count). The number of hydrogen-bond donors (Lipinski definition) is 8. The zero-order valence-corrected chi connectivity index (χ0v) is 44.9. The molecule has 0 aromatic carbocycles. The van der Waals surface area contributed by atoms with Crippen LogP contribution in [0.2, 0.25) is 0 Å². The average molecular weight is 1090 g/mol. The molecule has 0 saturated carbocycles. The molecule has 0 radical (unpaired) electrons. The summed E-state index contributed by atoms with van der Waals surface area (Å²) >= 11 is 0. The first-order valence-electron chi connectivity index (χ1n) is 24.7. The molecular weight excluding hydrogens is 1020 g/mol. The summed E-state index contributed by atoms with van der Waals surface area (Å²) in [5.41, 5.74) is 0.533. The molecule has 422 valence electrons. The van der Waals surface area contributed by atoms with Crippen molar-refractivity contribution in [1.82, 2.24) is 59.1 Å². The topological polar surface area (TPSA) is 350 Å². The number of imidazole rings is 3. The maximum atomic E-state index is 13.2. The summed E-state index contributed by atoms with van der Waals surface area (Å²) in [6.45, 7) is 7.40. The Morgan fingerprint density at radius 3 is 1.40 bits per heavy atom. The fourth-order valence-electron chi connectivity index (χ4n) is 7.13. The van der Waals surface area contributed by atoms with Crippen molar-refractivity contribution in [3.63, 3.8) is 0 Å². The van der Waals surface area contributed by atoms with Gasteiger partial charge in [-0.15, -0.1) is 0 Å². The summed E-state index contributed by atoms with van der Waals surface area (Å²) in [6.07, 6.45) is 8.99. The second-order valence-electron chi connectivity index (χ2n) is 18.5. The smallest absolute Gasteiger partial charge is 0.308 e. The van der Waals surface area contributed by atoms with Crippen molar-refractivity contribution >= 4 is 76.2 Å². The van der Waals surface area contributed by atoms with Crippen LogP contribution in [0.15, 0.2) is 49.3 Å². The number of anilines is 4. The number of ether oxygens (including phenoxy) is 4. The SMILES string of the molecule is Cn1cc(NC(=O)c2nc(NC(=O)CCNC(=O)c3cc(NC(=O)c4nccn4C)cn3C)cn2C)cc1C(=O)NCCC(=O)Nc1cn(C)c(C(=O)NCCC(=O)NCCOCCOCCOCCC(=O)OC(C)(C)C)n1. The lowest BCUT2D eigenvalue weighted by Gasteiger charge is -2.19. The van der Waals surface area contributed by atoms with E-state index in [-0.39, 0.29) is 123 Å². The zero-order chi connectivity index (χ0) is 56.9. The summed E-state index contributed by atoms with van der Waals surface area (Å²) in [5.74, 6) is -3.92. The van der Waals surface area contributed by atoms with E-state index in [4.69, 9.17) is 18.9 Å². The predicted molar refractivity (Wildman–Crippen MR) is 280 cm³/mol. The first-order valence-corrected chi connectivity index (χ1v) is 24.7. The van der Waals surface area contributed by atoms with Crippen LogP contribution in [0, 0.1) is 0 Å². The number of hydrogen-bond acceptors (Lipinski definition) is 16. The Morgan fingerprint density at radius 1 is 0.462 bits per heavy atom. The number of aryl methyl sites for hydroxylation is 5. The minimum Gasteiger partial charge on any atom is -0.460 e. The predicted octanol–water partition coefficient (Wildman–Crippen LogP) is 0.604. The van der Waals surface area contributed by atoms with Crippen molar-refractivity contribution in [1.29, 1.82) is 0 Å². The summed E-state index contributed by atoms with van der Waals surface area (Å²) < 4.78 is 28.8. The number of rotatable bonds is 30. The van der Waals surface area contributed by atoms with Crippen molar-refractivity contribution in [3.8, 4) is 0 Å². The molecule has 29 nitrogen and oxygen atoms in total. The second kappa shape index (κ2) is 29.0. The number of amides is 8. The van der Waals surface area contributed by atoms with Crippen LogP contribution in [-0.4, -0.2) is 162 Å². The number of aromatic nitrogens is 8. The van der Waals surface area contributed by atoms with Gasteiger partial charge < -0.3 is 84.3 Å². The maximum Gasteiger partial charge on any atom is 0.308 e. The van der Waals surface area contributed by atoms with E-state index in [0.717, 1.165) is 0 Å². The molecule has 0 unspecified atom stereocenters. The van der Waals surface area contributed by atoms with Crippen LogP contribution in [0.25, 0.3) is 0 Å². The molecule has 29 heteroatoms. The van der Waals surface area contributed by atoms with E-state index in [1.807, 2.05) is 0 Å². The van der Waals surface area contributed by atoms with Gasteiger partial charge in [0.15, 0.2) is 17.5 Å². The van der Waals surface area contributed by atoms with Gasteiger partial charge in [-0.1, -0.05) is 0 Å². The molecule has 0 bridgehead atoms. The number of nitrogens with one attached hydrogen (secondary N) is 8. The van der Waals surface area contributed by atoms with Gasteiger partial charge in [0, 0.05) is 118 Å². The van der Waals surface area contributed by atoms with E-state index in [1.165, 1.54) is 55.2 Å². The third-order valence-electron chi connectivity index (χ3n) is 10.8. The van der Waals surface area contributed by atoms with Crippen molar-refractivity contribution in [2.45, 2.75) is 52.1 Å². The van der Waals surface area contributed by atoms with Crippen LogP contribution >= 0.6 is 0 Å². The number of esters is 1. The quantitative estimate of drug-likeness (QED) is 0.0231. The van der Waals surface area contributed by atoms with E-state index < -0.39 is 47.0 Å². The van der Waals surface area contributed by atoms with E-state index in [9.17, 15) is 43.2 Å². The van der Waals surface area contributed by atoms with E-state index in [2.05, 4.69) is 57.5 Å². The highest BCUT2D eigenvalue weighted by Crippen LogP contribution is 2.17. The van der Waals surface area contributed by atoms with Crippen molar-refractivity contribution in [2.24, 2.45) is 35.2 Å². The van der Waals surface area contributed by atoms with Gasteiger partial charge in [-0.2, -0.15) is 0 Å². The Hall–Kier alpha value is -8.70. The van der Waals surface area contributed by atoms with Gasteiger partial charge in [0.2, 0.25) is 29.4 Å². The molecule has 0 saturated heterocycles. The zero-order valence-electron chi connectivity index (χ0n) is 44.9. The van der Waals surface area contributed by atoms with Crippen molar-refractivity contribution in [3.05, 3.63) is 78.2 Å². The fraction of sp³-hybridized carbons (Fsp3) is 0.469. The molecule has 0 aliphatic heterocycles. The van der Waals surface area contributed by atoms with Crippen molar-refractivity contribution < 1.29 is 62.1 Å². The van der Waals surface area contributed by atoms with Crippen LogP contribution in [0.1, 0.15) is 99.3 Å². The Bertz CT molecular complexity index is 2920. The molecule has 5 aromatic heterocycles. The van der Waals surface area contributed by atoms with Crippen LogP contribution in [0.5, 0.6) is 0 Å². The summed E-state index contributed by atoms with van der Waals surface area (Å²) in [7, 11) is 8.04. The molecule has 8 N–H and O–H groups in total. The van der Waals surface area contributed by atoms with Crippen LogP contribution in [0.3, 0.4) is 0 Å². The molecule has 5 heterocycles. The Labute approximate surface area is 448 Å². The average Bonchev–Trinajstić information content (AvgIpc) is 4.21. The van der Waals surface area contributed by atoms with Gasteiger partial charge in [-0.3, -0.25) is 43.2 Å². The summed E-state index contributed by atoms with van der Waals surface area (Å²) in [5, 5.41) is 21.2. The molecule has 0 atom stereocenters. The molecule has 5 aromatic rings. The Kier molecular flexibility index (Phi) is 22.4.